The summed E-state index contributed by atoms with van der Waals surface area (Å²) >= 11 is 0. The average Bonchev–Trinajstić information content (AvgIpc) is 3.43. The highest BCUT2D eigenvalue weighted by Gasteiger charge is 2.18. The molecular formula is C22H34N4O3. The number of aryl methyl sites for hydroxylation is 1. The SMILES string of the molecule is CCNC(=NCc1ccc(C)cc1OCC1CCCO1)NCC(=O)N1CCCC1. The van der Waals surface area contributed by atoms with Crippen molar-refractivity contribution in [2.75, 3.05) is 39.4 Å². The van der Waals surface area contributed by atoms with Crippen molar-refractivity contribution < 1.29 is 14.3 Å². The van der Waals surface area contributed by atoms with Gasteiger partial charge in [-0.05, 0) is 51.2 Å². The van der Waals surface area contributed by atoms with Crippen molar-refractivity contribution in [3.63, 3.8) is 0 Å². The Morgan fingerprint density at radius 2 is 2.10 bits per heavy atom. The summed E-state index contributed by atoms with van der Waals surface area (Å²) in [7, 11) is 0. The molecule has 29 heavy (non-hydrogen) atoms. The molecule has 1 aromatic carbocycles. The maximum Gasteiger partial charge on any atom is 0.241 e. The molecule has 0 bridgehead atoms. The van der Waals surface area contributed by atoms with Crippen LogP contribution in [-0.4, -0.2) is 62.3 Å². The van der Waals surface area contributed by atoms with E-state index in [-0.39, 0.29) is 18.6 Å². The molecule has 1 amide bonds. The Labute approximate surface area is 173 Å². The average molecular weight is 403 g/mol. The summed E-state index contributed by atoms with van der Waals surface area (Å²) in [4.78, 5) is 18.9. The third-order valence-corrected chi connectivity index (χ3v) is 5.29. The molecule has 0 aliphatic carbocycles. The monoisotopic (exact) mass is 402 g/mol. The quantitative estimate of drug-likeness (QED) is 0.515. The van der Waals surface area contributed by atoms with E-state index >= 15 is 0 Å². The van der Waals surface area contributed by atoms with Crippen LogP contribution in [0.15, 0.2) is 23.2 Å². The van der Waals surface area contributed by atoms with Gasteiger partial charge in [0.25, 0.3) is 0 Å². The molecule has 1 atom stereocenters. The van der Waals surface area contributed by atoms with Gasteiger partial charge in [0, 0.05) is 31.8 Å². The van der Waals surface area contributed by atoms with E-state index in [1.54, 1.807) is 0 Å². The lowest BCUT2D eigenvalue weighted by atomic mass is 10.1. The van der Waals surface area contributed by atoms with Crippen LogP contribution in [-0.2, 0) is 16.1 Å². The summed E-state index contributed by atoms with van der Waals surface area (Å²) in [6.07, 6.45) is 4.54. The van der Waals surface area contributed by atoms with Crippen molar-refractivity contribution in [2.24, 2.45) is 4.99 Å². The topological polar surface area (TPSA) is 75.2 Å². The second-order valence-corrected chi connectivity index (χ2v) is 7.69. The Kier molecular flexibility index (Phi) is 8.16. The molecule has 1 unspecified atom stereocenters. The van der Waals surface area contributed by atoms with Gasteiger partial charge in [-0.15, -0.1) is 0 Å². The summed E-state index contributed by atoms with van der Waals surface area (Å²) in [6.45, 7) is 8.68. The number of carbonyl (C=O) groups is 1. The number of nitrogens with zero attached hydrogens (tertiary/aromatic N) is 2. The first-order valence-electron chi connectivity index (χ1n) is 10.8. The molecule has 0 aromatic heterocycles. The van der Waals surface area contributed by atoms with E-state index < -0.39 is 0 Å². The number of nitrogens with one attached hydrogen (secondary N) is 2. The summed E-state index contributed by atoms with van der Waals surface area (Å²) in [6, 6.07) is 6.18. The van der Waals surface area contributed by atoms with Gasteiger partial charge in [0.2, 0.25) is 5.91 Å². The molecule has 3 rings (SSSR count). The second kappa shape index (κ2) is 11.0. The van der Waals surface area contributed by atoms with Crippen LogP contribution in [0.25, 0.3) is 0 Å². The van der Waals surface area contributed by atoms with Gasteiger partial charge in [-0.25, -0.2) is 4.99 Å². The predicted molar refractivity (Wildman–Crippen MR) is 114 cm³/mol. The Hall–Kier alpha value is -2.28. The number of hydrogen-bond donors (Lipinski definition) is 2. The molecule has 0 saturated carbocycles. The van der Waals surface area contributed by atoms with Crippen molar-refractivity contribution in [2.45, 2.75) is 52.2 Å². The zero-order chi connectivity index (χ0) is 20.5. The van der Waals surface area contributed by atoms with Gasteiger partial charge in [0.05, 0.1) is 19.2 Å². The van der Waals surface area contributed by atoms with Crippen molar-refractivity contribution >= 4 is 11.9 Å². The third-order valence-electron chi connectivity index (χ3n) is 5.29. The zero-order valence-electron chi connectivity index (χ0n) is 17.7. The fourth-order valence-corrected chi connectivity index (χ4v) is 3.63. The number of rotatable bonds is 8. The Morgan fingerprint density at radius 3 is 2.83 bits per heavy atom. The summed E-state index contributed by atoms with van der Waals surface area (Å²) in [5.74, 6) is 1.63. The van der Waals surface area contributed by atoms with E-state index in [2.05, 4.69) is 40.7 Å². The number of guanidine groups is 1. The van der Waals surface area contributed by atoms with Gasteiger partial charge >= 0.3 is 0 Å². The predicted octanol–water partition coefficient (Wildman–Crippen LogP) is 2.23. The lowest BCUT2D eigenvalue weighted by Gasteiger charge is -2.17. The molecule has 2 aliphatic heterocycles. The summed E-state index contributed by atoms with van der Waals surface area (Å²) in [5.41, 5.74) is 2.18. The van der Waals surface area contributed by atoms with Gasteiger partial charge in [-0.2, -0.15) is 0 Å². The first-order valence-corrected chi connectivity index (χ1v) is 10.8. The fraction of sp³-hybridized carbons (Fsp3) is 0.636. The van der Waals surface area contributed by atoms with Crippen LogP contribution in [0.1, 0.15) is 43.7 Å². The molecule has 2 N–H and O–H groups in total. The van der Waals surface area contributed by atoms with Crippen LogP contribution in [0, 0.1) is 6.92 Å². The fourth-order valence-electron chi connectivity index (χ4n) is 3.63. The Bertz CT molecular complexity index is 695. The minimum Gasteiger partial charge on any atom is -0.491 e. The van der Waals surface area contributed by atoms with Crippen molar-refractivity contribution in [1.82, 2.24) is 15.5 Å². The van der Waals surface area contributed by atoms with E-state index in [0.717, 1.165) is 68.8 Å². The minimum atomic E-state index is 0.129. The summed E-state index contributed by atoms with van der Waals surface area (Å²) in [5, 5.41) is 6.38. The molecule has 7 nitrogen and oxygen atoms in total. The first-order chi connectivity index (χ1) is 14.2. The van der Waals surface area contributed by atoms with E-state index in [1.807, 2.05) is 11.8 Å². The van der Waals surface area contributed by atoms with Crippen molar-refractivity contribution in [1.29, 1.82) is 0 Å². The van der Waals surface area contributed by atoms with Crippen molar-refractivity contribution in [3.05, 3.63) is 29.3 Å². The maximum absolute atomic E-state index is 12.3. The number of hydrogen-bond acceptors (Lipinski definition) is 4. The molecule has 2 heterocycles. The summed E-state index contributed by atoms with van der Waals surface area (Å²) < 4.78 is 11.7. The normalized spacial score (nSPS) is 19.4. The van der Waals surface area contributed by atoms with E-state index in [0.29, 0.717) is 19.1 Å². The number of benzene rings is 1. The van der Waals surface area contributed by atoms with Crippen LogP contribution in [0.5, 0.6) is 5.75 Å². The molecule has 160 valence electrons. The Morgan fingerprint density at radius 1 is 1.28 bits per heavy atom. The Balaban J connectivity index is 1.59. The van der Waals surface area contributed by atoms with Crippen LogP contribution in [0.4, 0.5) is 0 Å². The molecule has 2 aliphatic rings. The number of ether oxygens (including phenoxy) is 2. The molecule has 2 fully saturated rings. The third kappa shape index (κ3) is 6.63. The smallest absolute Gasteiger partial charge is 0.241 e. The lowest BCUT2D eigenvalue weighted by Crippen LogP contribution is -2.44. The van der Waals surface area contributed by atoms with Gasteiger partial charge in [0.1, 0.15) is 12.4 Å². The molecule has 7 heteroatoms. The van der Waals surface area contributed by atoms with Gasteiger partial charge in [0.15, 0.2) is 5.96 Å². The number of carbonyl (C=O) groups excluding carboxylic acids is 1. The molecule has 1 aromatic rings. The number of aliphatic imine (C=N–C) groups is 1. The maximum atomic E-state index is 12.3. The highest BCUT2D eigenvalue weighted by Crippen LogP contribution is 2.23. The second-order valence-electron chi connectivity index (χ2n) is 7.69. The molecule has 0 radical (unpaired) electrons. The van der Waals surface area contributed by atoms with Crippen molar-refractivity contribution in [3.8, 4) is 5.75 Å². The standard InChI is InChI=1S/C22H34N4O3/c1-3-23-22(25-15-21(27)26-10-4-5-11-26)24-14-18-9-8-17(2)13-20(18)29-16-19-7-6-12-28-19/h8-9,13,19H,3-7,10-12,14-16H2,1-2H3,(H2,23,24,25). The van der Waals surface area contributed by atoms with Crippen LogP contribution in [0.2, 0.25) is 0 Å². The number of likely N-dealkylation sites (tertiary alicyclic amines) is 1. The van der Waals surface area contributed by atoms with Crippen LogP contribution in [0.3, 0.4) is 0 Å². The van der Waals surface area contributed by atoms with E-state index in [1.165, 1.54) is 0 Å². The van der Waals surface area contributed by atoms with Gasteiger partial charge < -0.3 is 25.0 Å². The first kappa shape index (κ1) is 21.4. The zero-order valence-corrected chi connectivity index (χ0v) is 17.7. The van der Waals surface area contributed by atoms with E-state index in [4.69, 9.17) is 9.47 Å². The van der Waals surface area contributed by atoms with Crippen LogP contribution >= 0.6 is 0 Å². The van der Waals surface area contributed by atoms with Gasteiger partial charge in [-0.1, -0.05) is 12.1 Å². The molecule has 0 spiro atoms. The highest BCUT2D eigenvalue weighted by atomic mass is 16.5. The van der Waals surface area contributed by atoms with Gasteiger partial charge in [-0.3, -0.25) is 4.79 Å². The molecular weight excluding hydrogens is 368 g/mol. The van der Waals surface area contributed by atoms with Crippen LogP contribution < -0.4 is 15.4 Å². The minimum absolute atomic E-state index is 0.129. The largest absolute Gasteiger partial charge is 0.491 e. The highest BCUT2D eigenvalue weighted by molar-refractivity contribution is 5.86. The molecule has 2 saturated heterocycles. The van der Waals surface area contributed by atoms with E-state index in [9.17, 15) is 4.79 Å². The lowest BCUT2D eigenvalue weighted by molar-refractivity contribution is -0.128. The number of amides is 1.